The van der Waals surface area contributed by atoms with Crippen LogP contribution < -0.4 is 10.3 Å². The molecule has 1 aliphatic carbocycles. The second kappa shape index (κ2) is 9.40. The number of anilines is 1. The van der Waals surface area contributed by atoms with E-state index in [0.717, 1.165) is 24.1 Å². The Morgan fingerprint density at radius 1 is 1.00 bits per heavy atom. The van der Waals surface area contributed by atoms with Gasteiger partial charge in [-0.25, -0.2) is 0 Å². The molecule has 0 bridgehead atoms. The molecule has 1 saturated carbocycles. The number of hydrazone groups is 1. The normalized spacial score (nSPS) is 22.5. The molecule has 0 spiro atoms. The van der Waals surface area contributed by atoms with E-state index in [1.807, 2.05) is 53.5 Å². The molecule has 2 aromatic carbocycles. The van der Waals surface area contributed by atoms with Crippen LogP contribution in [0.1, 0.15) is 57.1 Å². The first kappa shape index (κ1) is 21.2. The zero-order valence-electron chi connectivity index (χ0n) is 17.2. The molecule has 2 atom stereocenters. The maximum Gasteiger partial charge on any atom is 0.268 e. The second-order valence-electron chi connectivity index (χ2n) is 8.23. The number of rotatable bonds is 4. The van der Waals surface area contributed by atoms with E-state index in [-0.39, 0.29) is 23.9 Å². The van der Waals surface area contributed by atoms with Crippen molar-refractivity contribution in [3.8, 4) is 0 Å². The summed E-state index contributed by atoms with van der Waals surface area (Å²) in [5.41, 5.74) is 2.40. The molecule has 1 fully saturated rings. The molecule has 0 unspecified atom stereocenters. The highest BCUT2D eigenvalue weighted by Crippen LogP contribution is 2.41. The average molecular weight is 444 g/mol. The third-order valence-electron chi connectivity index (χ3n) is 6.12. The van der Waals surface area contributed by atoms with Crippen molar-refractivity contribution in [2.75, 3.05) is 5.01 Å². The Bertz CT molecular complexity index is 920. The summed E-state index contributed by atoms with van der Waals surface area (Å²) in [7, 11) is 0. The summed E-state index contributed by atoms with van der Waals surface area (Å²) in [6, 6.07) is 15.5. The number of carbonyl (C=O) groups is 1. The number of amides is 1. The SMILES string of the molecule is C[C@@H]1C(C(=O)NC2CCCCCC2)=NN(c2ccccc2Cl)[C@@H]1c1ccc(Cl)cc1. The van der Waals surface area contributed by atoms with Crippen LogP contribution in [-0.4, -0.2) is 17.7 Å². The van der Waals surface area contributed by atoms with Crippen LogP contribution in [0.5, 0.6) is 0 Å². The van der Waals surface area contributed by atoms with E-state index >= 15 is 0 Å². The fraction of sp³-hybridized carbons (Fsp3) is 0.417. The number of carbonyl (C=O) groups excluding carboxylic acids is 1. The summed E-state index contributed by atoms with van der Waals surface area (Å²) in [5.74, 6) is -0.156. The van der Waals surface area contributed by atoms with Gasteiger partial charge in [-0.2, -0.15) is 5.10 Å². The molecule has 2 aromatic rings. The quantitative estimate of drug-likeness (QED) is 0.556. The van der Waals surface area contributed by atoms with Crippen molar-refractivity contribution in [2.45, 2.75) is 57.5 Å². The Morgan fingerprint density at radius 3 is 2.33 bits per heavy atom. The zero-order valence-corrected chi connectivity index (χ0v) is 18.7. The van der Waals surface area contributed by atoms with Crippen molar-refractivity contribution < 1.29 is 4.79 Å². The Labute approximate surface area is 188 Å². The fourth-order valence-corrected chi connectivity index (χ4v) is 4.85. The van der Waals surface area contributed by atoms with Crippen molar-refractivity contribution in [3.05, 3.63) is 64.1 Å². The van der Waals surface area contributed by atoms with Crippen LogP contribution in [0.15, 0.2) is 53.6 Å². The van der Waals surface area contributed by atoms with Gasteiger partial charge in [-0.1, -0.05) is 80.1 Å². The molecule has 1 aliphatic heterocycles. The highest BCUT2D eigenvalue weighted by molar-refractivity contribution is 6.41. The van der Waals surface area contributed by atoms with Gasteiger partial charge < -0.3 is 5.32 Å². The van der Waals surface area contributed by atoms with E-state index in [4.69, 9.17) is 28.3 Å². The topological polar surface area (TPSA) is 44.7 Å². The Balaban J connectivity index is 1.65. The number of para-hydroxylation sites is 1. The van der Waals surface area contributed by atoms with Crippen LogP contribution in [0.25, 0.3) is 0 Å². The summed E-state index contributed by atoms with van der Waals surface area (Å²) in [5, 5.41) is 11.2. The molecule has 2 aliphatic rings. The molecule has 1 N–H and O–H groups in total. The molecule has 0 saturated heterocycles. The van der Waals surface area contributed by atoms with Crippen molar-refractivity contribution in [3.63, 3.8) is 0 Å². The lowest BCUT2D eigenvalue weighted by molar-refractivity contribution is -0.115. The zero-order chi connectivity index (χ0) is 21.1. The van der Waals surface area contributed by atoms with Crippen LogP contribution in [0.2, 0.25) is 10.0 Å². The van der Waals surface area contributed by atoms with Gasteiger partial charge in [0.25, 0.3) is 5.91 Å². The molecule has 1 amide bonds. The van der Waals surface area contributed by atoms with Crippen LogP contribution >= 0.6 is 23.2 Å². The van der Waals surface area contributed by atoms with Gasteiger partial charge in [-0.15, -0.1) is 0 Å². The summed E-state index contributed by atoms with van der Waals surface area (Å²) in [4.78, 5) is 13.2. The Morgan fingerprint density at radius 2 is 1.67 bits per heavy atom. The number of nitrogens with one attached hydrogen (secondary N) is 1. The lowest BCUT2D eigenvalue weighted by Crippen LogP contribution is -2.40. The second-order valence-corrected chi connectivity index (χ2v) is 9.07. The van der Waals surface area contributed by atoms with Gasteiger partial charge in [0.2, 0.25) is 0 Å². The third kappa shape index (κ3) is 4.50. The van der Waals surface area contributed by atoms with Gasteiger partial charge in [0.15, 0.2) is 0 Å². The van der Waals surface area contributed by atoms with Gasteiger partial charge in [0, 0.05) is 17.0 Å². The predicted molar refractivity (Wildman–Crippen MR) is 124 cm³/mol. The van der Waals surface area contributed by atoms with E-state index in [1.54, 1.807) is 0 Å². The third-order valence-corrected chi connectivity index (χ3v) is 6.69. The smallest absolute Gasteiger partial charge is 0.268 e. The van der Waals surface area contributed by atoms with Crippen molar-refractivity contribution >= 4 is 40.5 Å². The molecule has 1 heterocycles. The summed E-state index contributed by atoms with van der Waals surface area (Å²) in [6.45, 7) is 2.06. The fourth-order valence-electron chi connectivity index (χ4n) is 4.50. The van der Waals surface area contributed by atoms with Gasteiger partial charge in [0.05, 0.1) is 16.8 Å². The molecule has 158 valence electrons. The van der Waals surface area contributed by atoms with E-state index in [9.17, 15) is 4.79 Å². The molecule has 0 radical (unpaired) electrons. The van der Waals surface area contributed by atoms with Crippen molar-refractivity contribution in [1.29, 1.82) is 0 Å². The van der Waals surface area contributed by atoms with Crippen LogP contribution in [0.3, 0.4) is 0 Å². The first-order valence-corrected chi connectivity index (χ1v) is 11.5. The molecular weight excluding hydrogens is 417 g/mol. The Hall–Kier alpha value is -2.04. The molecular formula is C24H27Cl2N3O. The van der Waals surface area contributed by atoms with Crippen LogP contribution in [0, 0.1) is 5.92 Å². The standard InChI is InChI=1S/C24H27Cl2N3O/c1-16-22(24(30)27-19-8-4-2-3-5-9-19)28-29(21-11-7-6-10-20(21)26)23(16)17-12-14-18(25)15-13-17/h6-7,10-16,19,23H,2-5,8-9H2,1H3,(H,27,30)/t16-,23+/m1/s1. The maximum atomic E-state index is 13.2. The van der Waals surface area contributed by atoms with Crippen LogP contribution in [-0.2, 0) is 4.79 Å². The number of halogens is 2. The first-order chi connectivity index (χ1) is 14.5. The van der Waals surface area contributed by atoms with E-state index < -0.39 is 0 Å². The van der Waals surface area contributed by atoms with Gasteiger partial charge in [0.1, 0.15) is 5.71 Å². The van der Waals surface area contributed by atoms with Crippen LogP contribution in [0.4, 0.5) is 5.69 Å². The van der Waals surface area contributed by atoms with E-state index in [2.05, 4.69) is 12.2 Å². The summed E-state index contributed by atoms with van der Waals surface area (Å²) in [6.07, 6.45) is 6.94. The highest BCUT2D eigenvalue weighted by atomic mass is 35.5. The predicted octanol–water partition coefficient (Wildman–Crippen LogP) is 6.39. The van der Waals surface area contributed by atoms with Crippen molar-refractivity contribution in [2.24, 2.45) is 11.0 Å². The minimum Gasteiger partial charge on any atom is -0.348 e. The molecule has 6 heteroatoms. The van der Waals surface area contributed by atoms with E-state index in [0.29, 0.717) is 15.8 Å². The highest BCUT2D eigenvalue weighted by Gasteiger charge is 2.40. The maximum absolute atomic E-state index is 13.2. The summed E-state index contributed by atoms with van der Waals surface area (Å²) >= 11 is 12.6. The van der Waals surface area contributed by atoms with E-state index in [1.165, 1.54) is 25.7 Å². The van der Waals surface area contributed by atoms with Gasteiger partial charge in [-0.3, -0.25) is 9.80 Å². The van der Waals surface area contributed by atoms with Crippen molar-refractivity contribution in [1.82, 2.24) is 5.32 Å². The minimum atomic E-state index is -0.128. The largest absolute Gasteiger partial charge is 0.348 e. The van der Waals surface area contributed by atoms with Gasteiger partial charge >= 0.3 is 0 Å². The number of hydrogen-bond acceptors (Lipinski definition) is 3. The lowest BCUT2D eigenvalue weighted by atomic mass is 9.90. The van der Waals surface area contributed by atoms with Gasteiger partial charge in [-0.05, 0) is 42.7 Å². The molecule has 4 nitrogen and oxygen atoms in total. The first-order valence-electron chi connectivity index (χ1n) is 10.7. The monoisotopic (exact) mass is 443 g/mol. The minimum absolute atomic E-state index is 0.0667. The lowest BCUT2D eigenvalue weighted by Gasteiger charge is -2.27. The Kier molecular flexibility index (Phi) is 6.64. The molecule has 0 aromatic heterocycles. The summed E-state index contributed by atoms with van der Waals surface area (Å²) < 4.78 is 0. The number of benzene rings is 2. The number of hydrogen-bond donors (Lipinski definition) is 1. The number of nitrogens with zero attached hydrogens (tertiary/aromatic N) is 2. The molecule has 4 rings (SSSR count). The average Bonchev–Trinajstić information content (AvgIpc) is 2.89. The molecule has 30 heavy (non-hydrogen) atoms.